The predicted octanol–water partition coefficient (Wildman–Crippen LogP) is 2.20. The van der Waals surface area contributed by atoms with Crippen molar-refractivity contribution in [1.82, 2.24) is 4.98 Å². The van der Waals surface area contributed by atoms with Crippen LogP contribution in [0.4, 0.5) is 11.4 Å². The summed E-state index contributed by atoms with van der Waals surface area (Å²) in [6.07, 6.45) is 0.166. The van der Waals surface area contributed by atoms with Gasteiger partial charge in [0, 0.05) is 13.6 Å². The van der Waals surface area contributed by atoms with Crippen LogP contribution in [-0.2, 0) is 9.53 Å². The van der Waals surface area contributed by atoms with Gasteiger partial charge in [0.05, 0.1) is 28.7 Å². The van der Waals surface area contributed by atoms with E-state index in [0.29, 0.717) is 17.7 Å². The van der Waals surface area contributed by atoms with Crippen LogP contribution in [-0.4, -0.2) is 36.6 Å². The Balaban J connectivity index is 2.35. The van der Waals surface area contributed by atoms with Crippen LogP contribution in [0.15, 0.2) is 17.6 Å². The Hall–Kier alpha value is -2.22. The van der Waals surface area contributed by atoms with E-state index >= 15 is 0 Å². The van der Waals surface area contributed by atoms with Gasteiger partial charge in [0.15, 0.2) is 5.52 Å². The summed E-state index contributed by atoms with van der Waals surface area (Å²) in [5.41, 5.74) is 2.37. The minimum Gasteiger partial charge on any atom is -0.469 e. The highest BCUT2D eigenvalue weighted by molar-refractivity contribution is 7.16. The van der Waals surface area contributed by atoms with Crippen molar-refractivity contribution in [3.8, 4) is 0 Å². The van der Waals surface area contributed by atoms with Crippen LogP contribution in [0, 0.1) is 10.1 Å². The SMILES string of the molecule is COC(=O)CCN(C)c1ccc2scnc2c1[N+](=O)[O-]. The van der Waals surface area contributed by atoms with Gasteiger partial charge >= 0.3 is 11.7 Å². The van der Waals surface area contributed by atoms with Gasteiger partial charge in [-0.25, -0.2) is 4.98 Å². The Morgan fingerprint density at radius 2 is 2.30 bits per heavy atom. The van der Waals surface area contributed by atoms with Gasteiger partial charge in [-0.1, -0.05) is 0 Å². The second-order valence-corrected chi connectivity index (χ2v) is 5.02. The number of ether oxygens (including phenoxy) is 1. The van der Waals surface area contributed by atoms with Gasteiger partial charge in [-0.05, 0) is 12.1 Å². The molecule has 0 spiro atoms. The zero-order valence-electron chi connectivity index (χ0n) is 11.0. The van der Waals surface area contributed by atoms with Gasteiger partial charge < -0.3 is 9.64 Å². The largest absolute Gasteiger partial charge is 0.469 e. The number of methoxy groups -OCH3 is 1. The zero-order valence-corrected chi connectivity index (χ0v) is 11.8. The number of benzene rings is 1. The van der Waals surface area contributed by atoms with Crippen molar-refractivity contribution in [3.05, 3.63) is 27.8 Å². The highest BCUT2D eigenvalue weighted by Crippen LogP contribution is 2.36. The molecule has 20 heavy (non-hydrogen) atoms. The van der Waals surface area contributed by atoms with Gasteiger partial charge in [0.25, 0.3) is 0 Å². The number of esters is 1. The first kappa shape index (κ1) is 14.2. The van der Waals surface area contributed by atoms with Gasteiger partial charge in [-0.15, -0.1) is 11.3 Å². The van der Waals surface area contributed by atoms with E-state index in [9.17, 15) is 14.9 Å². The lowest BCUT2D eigenvalue weighted by molar-refractivity contribution is -0.382. The van der Waals surface area contributed by atoms with Gasteiger partial charge in [0.2, 0.25) is 0 Å². The summed E-state index contributed by atoms with van der Waals surface area (Å²) in [5, 5.41) is 11.3. The quantitative estimate of drug-likeness (QED) is 0.477. The van der Waals surface area contributed by atoms with Crippen molar-refractivity contribution in [3.63, 3.8) is 0 Å². The average molecular weight is 295 g/mol. The number of carbonyl (C=O) groups is 1. The number of aromatic nitrogens is 1. The summed E-state index contributed by atoms with van der Waals surface area (Å²) in [6, 6.07) is 3.47. The molecule has 0 N–H and O–H groups in total. The number of nitro groups is 1. The minimum absolute atomic E-state index is 0.0314. The Labute approximate surface area is 118 Å². The number of carbonyl (C=O) groups excluding carboxylic acids is 1. The molecule has 0 bridgehead atoms. The van der Waals surface area contributed by atoms with Crippen molar-refractivity contribution in [2.75, 3.05) is 25.6 Å². The molecule has 1 aromatic carbocycles. The molecular formula is C12H13N3O4S. The summed E-state index contributed by atoms with van der Waals surface area (Å²) in [4.78, 5) is 27.7. The van der Waals surface area contributed by atoms with Crippen LogP contribution in [0.2, 0.25) is 0 Å². The molecule has 0 saturated heterocycles. The first-order valence-corrected chi connectivity index (χ1v) is 6.71. The summed E-state index contributed by atoms with van der Waals surface area (Å²) in [6.45, 7) is 0.336. The summed E-state index contributed by atoms with van der Waals surface area (Å²) < 4.78 is 5.33. The molecule has 2 rings (SSSR count). The Morgan fingerprint density at radius 3 is 2.95 bits per heavy atom. The smallest absolute Gasteiger partial charge is 0.319 e. The Kier molecular flexibility index (Phi) is 4.14. The van der Waals surface area contributed by atoms with Crippen LogP contribution >= 0.6 is 11.3 Å². The maximum absolute atomic E-state index is 11.3. The molecule has 0 unspecified atom stereocenters. The molecule has 0 aliphatic carbocycles. The van der Waals surface area contributed by atoms with Crippen molar-refractivity contribution in [2.24, 2.45) is 0 Å². The number of hydrogen-bond acceptors (Lipinski definition) is 7. The second kappa shape index (κ2) is 5.83. The monoisotopic (exact) mass is 295 g/mol. The second-order valence-electron chi connectivity index (χ2n) is 4.14. The maximum atomic E-state index is 11.3. The fraction of sp³-hybridized carbons (Fsp3) is 0.333. The molecule has 0 radical (unpaired) electrons. The summed E-state index contributed by atoms with van der Waals surface area (Å²) in [5.74, 6) is -0.353. The lowest BCUT2D eigenvalue weighted by atomic mass is 10.2. The fourth-order valence-electron chi connectivity index (χ4n) is 1.88. The topological polar surface area (TPSA) is 85.6 Å². The third-order valence-corrected chi connectivity index (χ3v) is 3.72. The normalized spacial score (nSPS) is 10.5. The van der Waals surface area contributed by atoms with E-state index in [-0.39, 0.29) is 18.1 Å². The Morgan fingerprint density at radius 1 is 1.55 bits per heavy atom. The first-order chi connectivity index (χ1) is 9.54. The van der Waals surface area contributed by atoms with Crippen LogP contribution in [0.5, 0.6) is 0 Å². The number of nitrogens with zero attached hydrogens (tertiary/aromatic N) is 3. The number of hydrogen-bond donors (Lipinski definition) is 0. The van der Waals surface area contributed by atoms with Gasteiger partial charge in [-0.3, -0.25) is 14.9 Å². The lowest BCUT2D eigenvalue weighted by Gasteiger charge is -2.18. The van der Waals surface area contributed by atoms with E-state index in [1.165, 1.54) is 18.4 Å². The number of nitro benzene ring substituents is 1. The zero-order chi connectivity index (χ0) is 14.7. The van der Waals surface area contributed by atoms with Crippen molar-refractivity contribution in [2.45, 2.75) is 6.42 Å². The Bertz CT molecular complexity index is 655. The van der Waals surface area contributed by atoms with Gasteiger partial charge in [-0.2, -0.15) is 0 Å². The third-order valence-electron chi connectivity index (χ3n) is 2.93. The molecule has 0 fully saturated rings. The predicted molar refractivity (Wildman–Crippen MR) is 76.2 cm³/mol. The first-order valence-electron chi connectivity index (χ1n) is 5.83. The highest BCUT2D eigenvalue weighted by atomic mass is 32.1. The molecule has 8 heteroatoms. The van der Waals surface area contributed by atoms with Crippen molar-refractivity contribution >= 4 is 38.9 Å². The molecule has 0 aliphatic rings. The van der Waals surface area contributed by atoms with Crippen molar-refractivity contribution < 1.29 is 14.5 Å². The molecular weight excluding hydrogens is 282 g/mol. The van der Waals surface area contributed by atoms with Crippen molar-refractivity contribution in [1.29, 1.82) is 0 Å². The molecule has 1 aromatic heterocycles. The average Bonchev–Trinajstić information content (AvgIpc) is 2.90. The van der Waals surface area contributed by atoms with Gasteiger partial charge in [0.1, 0.15) is 5.69 Å². The number of fused-ring (bicyclic) bond motifs is 1. The molecule has 0 saturated carbocycles. The maximum Gasteiger partial charge on any atom is 0.319 e. The third kappa shape index (κ3) is 2.69. The molecule has 0 aliphatic heterocycles. The van der Waals surface area contributed by atoms with E-state index in [1.807, 2.05) is 0 Å². The molecule has 7 nitrogen and oxygen atoms in total. The van der Waals surface area contributed by atoms with E-state index in [4.69, 9.17) is 0 Å². The molecule has 1 heterocycles. The summed E-state index contributed by atoms with van der Waals surface area (Å²) in [7, 11) is 3.01. The fourth-order valence-corrected chi connectivity index (χ4v) is 2.56. The highest BCUT2D eigenvalue weighted by Gasteiger charge is 2.23. The molecule has 0 amide bonds. The van der Waals surface area contributed by atoms with Crippen LogP contribution in [0.25, 0.3) is 10.2 Å². The summed E-state index contributed by atoms with van der Waals surface area (Å²) >= 11 is 1.35. The molecule has 0 atom stereocenters. The van der Waals surface area contributed by atoms with E-state index < -0.39 is 4.92 Å². The standard InChI is InChI=1S/C12H13N3O4S/c1-14(6-5-10(16)19-2)8-3-4-9-11(13-7-20-9)12(8)15(17)18/h3-4,7H,5-6H2,1-2H3. The lowest BCUT2D eigenvalue weighted by Crippen LogP contribution is -2.22. The molecule has 2 aromatic rings. The van der Waals surface area contributed by atoms with E-state index in [0.717, 1.165) is 4.70 Å². The molecule has 106 valence electrons. The van der Waals surface area contributed by atoms with E-state index in [2.05, 4.69) is 9.72 Å². The van der Waals surface area contributed by atoms with Crippen LogP contribution in [0.1, 0.15) is 6.42 Å². The number of thiazole rings is 1. The minimum atomic E-state index is -0.438. The van der Waals surface area contributed by atoms with E-state index in [1.54, 1.807) is 29.6 Å². The van der Waals surface area contributed by atoms with Crippen LogP contribution < -0.4 is 4.90 Å². The number of rotatable bonds is 5. The van der Waals surface area contributed by atoms with Crippen LogP contribution in [0.3, 0.4) is 0 Å². The number of anilines is 1.